The largest absolute Gasteiger partial charge is 0.493 e. The Morgan fingerprint density at radius 2 is 2.15 bits per heavy atom. The third-order valence-corrected chi connectivity index (χ3v) is 3.70. The normalized spacial score (nSPS) is 10.4. The molecule has 0 bridgehead atoms. The Labute approximate surface area is 157 Å². The zero-order chi connectivity index (χ0) is 18.9. The van der Waals surface area contributed by atoms with Gasteiger partial charge < -0.3 is 20.2 Å². The summed E-state index contributed by atoms with van der Waals surface area (Å²) in [6.45, 7) is 2.51. The maximum Gasteiger partial charge on any atom is 0.254 e. The van der Waals surface area contributed by atoms with Crippen LogP contribution in [0, 0.1) is 5.41 Å². The highest BCUT2D eigenvalue weighted by Gasteiger charge is 2.19. The minimum atomic E-state index is -0.253. The van der Waals surface area contributed by atoms with Crippen molar-refractivity contribution in [2.45, 2.75) is 19.9 Å². The van der Waals surface area contributed by atoms with Gasteiger partial charge in [0.2, 0.25) is 0 Å². The number of aromatic nitrogens is 1. The van der Waals surface area contributed by atoms with E-state index in [-0.39, 0.29) is 19.1 Å². The number of aliphatic hydroxyl groups is 1. The summed E-state index contributed by atoms with van der Waals surface area (Å²) in [5.74, 6) is 0.218. The molecule has 2 N–H and O–H groups in total. The molecule has 1 heterocycles. The molecule has 0 unspecified atom stereocenters. The summed E-state index contributed by atoms with van der Waals surface area (Å²) in [6.07, 6.45) is 2.16. The Balaban J connectivity index is 2.22. The lowest BCUT2D eigenvalue weighted by molar-refractivity contribution is 0.0765. The van der Waals surface area contributed by atoms with Gasteiger partial charge in [0.1, 0.15) is 5.75 Å². The maximum atomic E-state index is 13.0. The monoisotopic (exact) mass is 375 g/mol. The number of nitrogens with zero attached hydrogens (tertiary/aromatic N) is 2. The molecule has 7 heteroatoms. The van der Waals surface area contributed by atoms with E-state index in [4.69, 9.17) is 26.9 Å². The first-order valence-corrected chi connectivity index (χ1v) is 8.65. The summed E-state index contributed by atoms with van der Waals surface area (Å²) < 4.78 is 5.53. The fourth-order valence-electron chi connectivity index (χ4n) is 2.38. The summed E-state index contributed by atoms with van der Waals surface area (Å²) >= 11 is 6.12. The number of nitrogens with one attached hydrogen (secondary N) is 1. The molecule has 0 saturated carbocycles. The molecule has 0 aliphatic carbocycles. The molecule has 138 valence electrons. The number of hydrogen-bond acceptors (Lipinski definition) is 5. The molecule has 2 aromatic rings. The van der Waals surface area contributed by atoms with Crippen LogP contribution in [-0.4, -0.2) is 46.4 Å². The topological polar surface area (TPSA) is 86.5 Å². The van der Waals surface area contributed by atoms with Crippen LogP contribution in [0.2, 0.25) is 5.02 Å². The number of amides is 1. The van der Waals surface area contributed by atoms with Crippen molar-refractivity contribution >= 4 is 23.2 Å². The van der Waals surface area contributed by atoms with Gasteiger partial charge in [-0.05, 0) is 37.3 Å². The second kappa shape index (κ2) is 9.89. The van der Waals surface area contributed by atoms with E-state index in [2.05, 4.69) is 4.98 Å². The molecule has 0 aliphatic heterocycles. The second-order valence-electron chi connectivity index (χ2n) is 5.86. The van der Waals surface area contributed by atoms with Crippen LogP contribution in [0.1, 0.15) is 29.4 Å². The Bertz CT molecular complexity index is 753. The number of hydrogen-bond donors (Lipinski definition) is 2. The number of carbonyl (C=O) groups is 1. The highest BCUT2D eigenvalue weighted by atomic mass is 35.5. The van der Waals surface area contributed by atoms with Crippen molar-refractivity contribution in [1.82, 2.24) is 9.88 Å². The van der Waals surface area contributed by atoms with Gasteiger partial charge in [0.15, 0.2) is 0 Å². The lowest BCUT2D eigenvalue weighted by Gasteiger charge is -2.22. The van der Waals surface area contributed by atoms with Gasteiger partial charge in [-0.1, -0.05) is 17.7 Å². The van der Waals surface area contributed by atoms with Crippen LogP contribution in [-0.2, 0) is 6.54 Å². The Morgan fingerprint density at radius 3 is 2.81 bits per heavy atom. The molecule has 0 fully saturated rings. The van der Waals surface area contributed by atoms with Gasteiger partial charge in [-0.15, -0.1) is 0 Å². The Morgan fingerprint density at radius 1 is 1.35 bits per heavy atom. The van der Waals surface area contributed by atoms with E-state index in [0.717, 1.165) is 5.69 Å². The van der Waals surface area contributed by atoms with Crippen LogP contribution in [0.25, 0.3) is 0 Å². The molecule has 1 amide bonds. The van der Waals surface area contributed by atoms with E-state index in [0.29, 0.717) is 41.6 Å². The van der Waals surface area contributed by atoms with E-state index in [9.17, 15) is 4.79 Å². The van der Waals surface area contributed by atoms with Crippen molar-refractivity contribution in [3.05, 3.63) is 58.9 Å². The molecular weight excluding hydrogens is 354 g/mol. The molecule has 0 radical (unpaired) electrons. The Kier molecular flexibility index (Phi) is 7.56. The van der Waals surface area contributed by atoms with Gasteiger partial charge >= 0.3 is 0 Å². The van der Waals surface area contributed by atoms with Gasteiger partial charge in [0.25, 0.3) is 5.91 Å². The van der Waals surface area contributed by atoms with Gasteiger partial charge in [-0.25, -0.2) is 0 Å². The number of aliphatic hydroxyl groups excluding tert-OH is 1. The summed E-state index contributed by atoms with van der Waals surface area (Å²) in [6, 6.07) is 10.3. The number of halogens is 1. The molecule has 1 aromatic heterocycles. The van der Waals surface area contributed by atoms with E-state index >= 15 is 0 Å². The predicted molar refractivity (Wildman–Crippen MR) is 101 cm³/mol. The van der Waals surface area contributed by atoms with Crippen molar-refractivity contribution in [2.24, 2.45) is 0 Å². The predicted octanol–water partition coefficient (Wildman–Crippen LogP) is 3.18. The summed E-state index contributed by atoms with van der Waals surface area (Å²) in [5, 5.41) is 17.0. The molecule has 6 nitrogen and oxygen atoms in total. The SMILES string of the molecule is CC(=N)CN(Cc1ccccn1)C(=O)c1cc(Cl)cc(OCCCO)c1. The molecule has 26 heavy (non-hydrogen) atoms. The van der Waals surface area contributed by atoms with Crippen LogP contribution in [0.3, 0.4) is 0 Å². The highest BCUT2D eigenvalue weighted by molar-refractivity contribution is 6.31. The number of carbonyl (C=O) groups excluding carboxylic acids is 1. The molecule has 2 rings (SSSR count). The zero-order valence-corrected chi connectivity index (χ0v) is 15.4. The van der Waals surface area contributed by atoms with E-state index < -0.39 is 0 Å². The van der Waals surface area contributed by atoms with Crippen molar-refractivity contribution < 1.29 is 14.6 Å². The minimum Gasteiger partial charge on any atom is -0.493 e. The summed E-state index contributed by atoms with van der Waals surface area (Å²) in [7, 11) is 0. The quantitative estimate of drug-likeness (QED) is 0.520. The van der Waals surface area contributed by atoms with Crippen LogP contribution < -0.4 is 4.74 Å². The molecule has 0 aliphatic rings. The molecule has 0 spiro atoms. The van der Waals surface area contributed by atoms with Gasteiger partial charge in [-0.2, -0.15) is 0 Å². The maximum absolute atomic E-state index is 13.0. The van der Waals surface area contributed by atoms with Crippen LogP contribution in [0.5, 0.6) is 5.75 Å². The third kappa shape index (κ3) is 6.13. The molecule has 0 atom stereocenters. The lowest BCUT2D eigenvalue weighted by atomic mass is 10.1. The average Bonchev–Trinajstić information content (AvgIpc) is 2.61. The third-order valence-electron chi connectivity index (χ3n) is 3.48. The average molecular weight is 376 g/mol. The standard InChI is InChI=1S/C19H22ClN3O3/c1-14(21)12-23(13-17-5-2-3-6-22-17)19(25)15-9-16(20)11-18(10-15)26-8-4-7-24/h2-3,5-6,9-11,21,24H,4,7-8,12-13H2,1H3. The number of pyridine rings is 1. The van der Waals surface area contributed by atoms with Gasteiger partial charge in [0, 0.05) is 35.5 Å². The van der Waals surface area contributed by atoms with E-state index in [1.807, 2.05) is 18.2 Å². The zero-order valence-electron chi connectivity index (χ0n) is 14.6. The smallest absolute Gasteiger partial charge is 0.254 e. The minimum absolute atomic E-state index is 0.0306. The number of benzene rings is 1. The van der Waals surface area contributed by atoms with E-state index in [1.165, 1.54) is 0 Å². The first kappa shape index (κ1) is 19.9. The fraction of sp³-hybridized carbons (Fsp3) is 0.316. The fourth-order valence-corrected chi connectivity index (χ4v) is 2.60. The van der Waals surface area contributed by atoms with Crippen molar-refractivity contribution in [1.29, 1.82) is 5.41 Å². The van der Waals surface area contributed by atoms with Crippen LogP contribution in [0.15, 0.2) is 42.6 Å². The molecule has 1 aromatic carbocycles. The van der Waals surface area contributed by atoms with Crippen LogP contribution in [0.4, 0.5) is 0 Å². The summed E-state index contributed by atoms with van der Waals surface area (Å²) in [4.78, 5) is 18.8. The van der Waals surface area contributed by atoms with Gasteiger partial charge in [-0.3, -0.25) is 9.78 Å². The second-order valence-corrected chi connectivity index (χ2v) is 6.30. The van der Waals surface area contributed by atoms with Crippen LogP contribution >= 0.6 is 11.6 Å². The van der Waals surface area contributed by atoms with Crippen molar-refractivity contribution in [3.63, 3.8) is 0 Å². The number of ether oxygens (including phenoxy) is 1. The first-order valence-electron chi connectivity index (χ1n) is 8.27. The van der Waals surface area contributed by atoms with Crippen molar-refractivity contribution in [2.75, 3.05) is 19.8 Å². The molecular formula is C19H22ClN3O3. The number of rotatable bonds is 9. The van der Waals surface area contributed by atoms with Crippen molar-refractivity contribution in [3.8, 4) is 5.75 Å². The first-order chi connectivity index (χ1) is 12.5. The summed E-state index contributed by atoms with van der Waals surface area (Å²) in [5.41, 5.74) is 1.49. The van der Waals surface area contributed by atoms with E-state index in [1.54, 1.807) is 36.2 Å². The van der Waals surface area contributed by atoms with Gasteiger partial charge in [0.05, 0.1) is 25.4 Å². The Hall–Kier alpha value is -2.44. The molecule has 0 saturated heterocycles. The lowest BCUT2D eigenvalue weighted by Crippen LogP contribution is -2.34. The highest BCUT2D eigenvalue weighted by Crippen LogP contribution is 2.23.